The molecule has 30 heavy (non-hydrogen) atoms. The second kappa shape index (κ2) is 7.91. The molecule has 1 aromatic heterocycles. The number of urea groups is 1. The quantitative estimate of drug-likeness (QED) is 0.515. The largest absolute Gasteiger partial charge is 0.497 e. The molecule has 2 aromatic carbocycles. The zero-order valence-corrected chi connectivity index (χ0v) is 17.2. The van der Waals surface area contributed by atoms with Crippen LogP contribution in [-0.2, 0) is 11.3 Å². The molecule has 0 spiro atoms. The Kier molecular flexibility index (Phi) is 5.14. The van der Waals surface area contributed by atoms with Crippen LogP contribution < -0.4 is 10.1 Å². The Hall–Kier alpha value is -3.80. The number of hydrogen-bond donors (Lipinski definition) is 1. The van der Waals surface area contributed by atoms with Crippen molar-refractivity contribution in [2.45, 2.75) is 20.4 Å². The standard InChI is InChI=1S/C24H23N3O3/c1-16-12-19(17(2)27(16)20-10-7-11-21(14-20)30-3)13-22-23(28)26(24(29)25-22)15-18-8-5-4-6-9-18/h4-14H,15H2,1-3H3,(H,25,29)/b22-13-. The summed E-state index contributed by atoms with van der Waals surface area (Å²) >= 11 is 0. The van der Waals surface area contributed by atoms with Crippen molar-refractivity contribution >= 4 is 18.0 Å². The third-order valence-electron chi connectivity index (χ3n) is 5.23. The van der Waals surface area contributed by atoms with Crippen LogP contribution in [0.1, 0.15) is 22.5 Å². The average Bonchev–Trinajstić information content (AvgIpc) is 3.18. The number of ether oxygens (including phenoxy) is 1. The molecule has 0 aliphatic carbocycles. The number of aromatic nitrogens is 1. The van der Waals surface area contributed by atoms with Gasteiger partial charge in [0.05, 0.1) is 13.7 Å². The van der Waals surface area contributed by atoms with Gasteiger partial charge in [-0.05, 0) is 49.2 Å². The van der Waals surface area contributed by atoms with E-state index in [2.05, 4.69) is 9.88 Å². The van der Waals surface area contributed by atoms with Gasteiger partial charge in [0.25, 0.3) is 5.91 Å². The van der Waals surface area contributed by atoms with E-state index in [4.69, 9.17) is 4.74 Å². The molecule has 6 nitrogen and oxygen atoms in total. The van der Waals surface area contributed by atoms with Gasteiger partial charge in [0.1, 0.15) is 11.4 Å². The smallest absolute Gasteiger partial charge is 0.329 e. The second-order valence-electron chi connectivity index (χ2n) is 7.23. The van der Waals surface area contributed by atoms with E-state index in [-0.39, 0.29) is 18.1 Å². The lowest BCUT2D eigenvalue weighted by Crippen LogP contribution is -2.30. The number of nitrogens with one attached hydrogen (secondary N) is 1. The number of methoxy groups -OCH3 is 1. The minimum Gasteiger partial charge on any atom is -0.497 e. The molecule has 3 amide bonds. The highest BCUT2D eigenvalue weighted by molar-refractivity contribution is 6.13. The molecular formula is C24H23N3O3. The van der Waals surface area contributed by atoms with Crippen LogP contribution in [0.5, 0.6) is 5.75 Å². The molecule has 1 aliphatic rings. The molecule has 0 bridgehead atoms. The van der Waals surface area contributed by atoms with E-state index in [0.29, 0.717) is 0 Å². The fourth-order valence-electron chi connectivity index (χ4n) is 3.72. The van der Waals surface area contributed by atoms with E-state index in [1.807, 2.05) is 74.5 Å². The average molecular weight is 401 g/mol. The molecule has 6 heteroatoms. The number of nitrogens with zero attached hydrogens (tertiary/aromatic N) is 2. The Labute approximate surface area is 175 Å². The van der Waals surface area contributed by atoms with Crippen molar-refractivity contribution in [3.63, 3.8) is 0 Å². The lowest BCUT2D eigenvalue weighted by atomic mass is 10.2. The van der Waals surface area contributed by atoms with E-state index in [1.54, 1.807) is 13.2 Å². The highest BCUT2D eigenvalue weighted by Gasteiger charge is 2.33. The Morgan fingerprint density at radius 3 is 2.50 bits per heavy atom. The number of carbonyl (C=O) groups excluding carboxylic acids is 2. The molecule has 0 unspecified atom stereocenters. The van der Waals surface area contributed by atoms with Crippen molar-refractivity contribution < 1.29 is 14.3 Å². The van der Waals surface area contributed by atoms with Crippen LogP contribution in [0.15, 0.2) is 66.4 Å². The van der Waals surface area contributed by atoms with E-state index in [0.717, 1.165) is 34.0 Å². The molecule has 2 heterocycles. The first-order valence-electron chi connectivity index (χ1n) is 9.70. The fraction of sp³-hybridized carbons (Fsp3) is 0.167. The zero-order chi connectivity index (χ0) is 21.3. The van der Waals surface area contributed by atoms with Crippen molar-refractivity contribution in [1.29, 1.82) is 0 Å². The third kappa shape index (κ3) is 3.59. The molecule has 1 fully saturated rings. The third-order valence-corrected chi connectivity index (χ3v) is 5.23. The molecule has 1 N–H and O–H groups in total. The minimum absolute atomic E-state index is 0.242. The molecule has 4 rings (SSSR count). The van der Waals surface area contributed by atoms with Gasteiger partial charge in [0.15, 0.2) is 0 Å². The van der Waals surface area contributed by atoms with Gasteiger partial charge in [-0.2, -0.15) is 0 Å². The summed E-state index contributed by atoms with van der Waals surface area (Å²) in [6.45, 7) is 4.23. The number of amides is 3. The first kappa shape index (κ1) is 19.5. The van der Waals surface area contributed by atoms with Crippen LogP contribution in [-0.4, -0.2) is 28.5 Å². The molecule has 1 aliphatic heterocycles. The van der Waals surface area contributed by atoms with Crippen molar-refractivity contribution in [2.24, 2.45) is 0 Å². The maximum atomic E-state index is 12.8. The maximum Gasteiger partial charge on any atom is 0.329 e. The van der Waals surface area contributed by atoms with Gasteiger partial charge in [-0.15, -0.1) is 0 Å². The molecule has 152 valence electrons. The first-order valence-corrected chi connectivity index (χ1v) is 9.70. The van der Waals surface area contributed by atoms with Crippen molar-refractivity contribution in [3.8, 4) is 11.4 Å². The van der Waals surface area contributed by atoms with Crippen molar-refractivity contribution in [2.75, 3.05) is 7.11 Å². The van der Waals surface area contributed by atoms with Crippen LogP contribution in [0, 0.1) is 13.8 Å². The Balaban J connectivity index is 1.64. The van der Waals surface area contributed by atoms with Crippen molar-refractivity contribution in [1.82, 2.24) is 14.8 Å². The van der Waals surface area contributed by atoms with Gasteiger partial charge in [-0.25, -0.2) is 4.79 Å². The summed E-state index contributed by atoms with van der Waals surface area (Å²) in [6, 6.07) is 18.9. The number of rotatable bonds is 5. The van der Waals surface area contributed by atoms with Crippen LogP contribution in [0.25, 0.3) is 11.8 Å². The fourth-order valence-corrected chi connectivity index (χ4v) is 3.72. The van der Waals surface area contributed by atoms with Gasteiger partial charge in [-0.1, -0.05) is 36.4 Å². The maximum absolute atomic E-state index is 12.8. The highest BCUT2D eigenvalue weighted by Crippen LogP contribution is 2.26. The van der Waals surface area contributed by atoms with Gasteiger partial charge in [0, 0.05) is 23.1 Å². The molecule has 0 atom stereocenters. The zero-order valence-electron chi connectivity index (χ0n) is 17.2. The first-order chi connectivity index (χ1) is 14.5. The van der Waals surface area contributed by atoms with Gasteiger partial charge >= 0.3 is 6.03 Å². The number of hydrogen-bond acceptors (Lipinski definition) is 3. The summed E-state index contributed by atoms with van der Waals surface area (Å²) in [5.41, 5.74) is 5.02. The summed E-state index contributed by atoms with van der Waals surface area (Å²) in [4.78, 5) is 26.4. The monoisotopic (exact) mass is 401 g/mol. The van der Waals surface area contributed by atoms with Crippen LogP contribution >= 0.6 is 0 Å². The van der Waals surface area contributed by atoms with Gasteiger partial charge in [0.2, 0.25) is 0 Å². The lowest BCUT2D eigenvalue weighted by molar-refractivity contribution is -0.123. The highest BCUT2D eigenvalue weighted by atomic mass is 16.5. The second-order valence-corrected chi connectivity index (χ2v) is 7.23. The number of benzene rings is 2. The Bertz CT molecular complexity index is 1150. The van der Waals surface area contributed by atoms with Crippen LogP contribution in [0.3, 0.4) is 0 Å². The summed E-state index contributed by atoms with van der Waals surface area (Å²) in [7, 11) is 1.64. The number of imide groups is 1. The molecule has 3 aromatic rings. The van der Waals surface area contributed by atoms with Gasteiger partial charge in [-0.3, -0.25) is 9.69 Å². The SMILES string of the molecule is COc1cccc(-n2c(C)cc(/C=C3\NC(=O)N(Cc4ccccc4)C3=O)c2C)c1. The van der Waals surface area contributed by atoms with E-state index < -0.39 is 6.03 Å². The summed E-state index contributed by atoms with van der Waals surface area (Å²) in [6.07, 6.45) is 1.74. The summed E-state index contributed by atoms with van der Waals surface area (Å²) < 4.78 is 7.43. The molecule has 0 radical (unpaired) electrons. The summed E-state index contributed by atoms with van der Waals surface area (Å²) in [5.74, 6) is 0.449. The minimum atomic E-state index is -0.406. The van der Waals surface area contributed by atoms with Crippen LogP contribution in [0.2, 0.25) is 0 Å². The van der Waals surface area contributed by atoms with Gasteiger partial charge < -0.3 is 14.6 Å². The van der Waals surface area contributed by atoms with E-state index in [1.165, 1.54) is 4.90 Å². The molecule has 0 saturated carbocycles. The molecule has 1 saturated heterocycles. The topological polar surface area (TPSA) is 63.6 Å². The Morgan fingerprint density at radius 1 is 1.00 bits per heavy atom. The number of aryl methyl sites for hydroxylation is 1. The lowest BCUT2D eigenvalue weighted by Gasteiger charge is -2.11. The number of carbonyl (C=O) groups is 2. The Morgan fingerprint density at radius 2 is 1.77 bits per heavy atom. The normalized spacial score (nSPS) is 15.0. The van der Waals surface area contributed by atoms with Crippen molar-refractivity contribution in [3.05, 3.63) is 88.9 Å². The summed E-state index contributed by atoms with van der Waals surface area (Å²) in [5, 5.41) is 2.71. The predicted octanol–water partition coefficient (Wildman–Crippen LogP) is 4.20. The van der Waals surface area contributed by atoms with E-state index in [9.17, 15) is 9.59 Å². The predicted molar refractivity (Wildman–Crippen MR) is 115 cm³/mol. The molecular weight excluding hydrogens is 378 g/mol. The van der Waals surface area contributed by atoms with E-state index >= 15 is 0 Å². The van der Waals surface area contributed by atoms with Crippen LogP contribution in [0.4, 0.5) is 4.79 Å².